The van der Waals surface area contributed by atoms with Crippen LogP contribution in [0.1, 0.15) is 54.2 Å². The Morgan fingerprint density at radius 1 is 1.17 bits per heavy atom. The number of allylic oxidation sites excluding steroid dienone is 4. The number of hydrogen-bond donors (Lipinski definition) is 0. The van der Waals surface area contributed by atoms with Crippen molar-refractivity contribution in [1.29, 1.82) is 0 Å². The number of ether oxygens (including phenoxy) is 1. The van der Waals surface area contributed by atoms with Gasteiger partial charge in [-0.25, -0.2) is 9.37 Å². The minimum Gasteiger partial charge on any atom is -0.457 e. The number of carbonyl (C=O) groups excluding carboxylic acids is 1. The summed E-state index contributed by atoms with van der Waals surface area (Å²) in [5.74, 6) is -0.311. The Bertz CT molecular complexity index is 954. The van der Waals surface area contributed by atoms with Gasteiger partial charge in [-0.1, -0.05) is 80.6 Å². The highest BCUT2D eigenvalue weighted by Crippen LogP contribution is 2.33. The topological polar surface area (TPSA) is 29.3 Å². The molecular weight excluding hydrogens is 370 g/mol. The lowest BCUT2D eigenvalue weighted by Crippen LogP contribution is -2.23. The first kappa shape index (κ1) is 23.1. The van der Waals surface area contributed by atoms with Crippen LogP contribution in [0.15, 0.2) is 79.0 Å². The van der Waals surface area contributed by atoms with Crippen LogP contribution >= 0.6 is 0 Å². The van der Waals surface area contributed by atoms with Crippen molar-refractivity contribution in [1.82, 2.24) is 0 Å². The lowest BCUT2D eigenvalue weighted by Gasteiger charge is -2.27. The van der Waals surface area contributed by atoms with Crippen LogP contribution in [0.5, 0.6) is 0 Å². The molecule has 0 aliphatic heterocycles. The average molecular weight is 403 g/mol. The number of rotatable bonds is 9. The third-order valence-electron chi connectivity index (χ3n) is 5.12. The summed E-state index contributed by atoms with van der Waals surface area (Å²) in [5, 5.41) is 0. The molecule has 0 radical (unpaired) electrons. The number of esters is 1. The highest BCUT2D eigenvalue weighted by atomic mass is 16.5. The van der Waals surface area contributed by atoms with Crippen LogP contribution < -0.4 is 0 Å². The van der Waals surface area contributed by atoms with Gasteiger partial charge in [-0.15, -0.1) is 0 Å². The van der Waals surface area contributed by atoms with E-state index in [0.29, 0.717) is 5.56 Å². The van der Waals surface area contributed by atoms with E-state index in [2.05, 4.69) is 32.7 Å². The second kappa shape index (κ2) is 11.1. The number of benzene rings is 2. The molecule has 0 bridgehead atoms. The Morgan fingerprint density at radius 2 is 1.90 bits per heavy atom. The first-order valence-corrected chi connectivity index (χ1v) is 10.3. The van der Waals surface area contributed by atoms with Crippen molar-refractivity contribution < 1.29 is 14.1 Å². The molecule has 0 fully saturated rings. The molecule has 0 spiro atoms. The van der Waals surface area contributed by atoms with Crippen molar-refractivity contribution in [3.63, 3.8) is 0 Å². The summed E-state index contributed by atoms with van der Waals surface area (Å²) in [4.78, 5) is 13.0. The molecule has 0 aromatic heterocycles. The summed E-state index contributed by atoms with van der Waals surface area (Å²) in [7, 11) is 1.89. The van der Waals surface area contributed by atoms with Crippen LogP contribution in [0.4, 0.5) is 0 Å². The standard InChI is InChI=1S/C27H32NO2/c1-6-8-10-13-22-16-17-24(26(29)30-21-23-14-11-9-12-15-23)25(20-22)27(3,7-2)18-19-28(4)5/h6,8-20H,4,7,21H2,1-3,5H3/q+1/b8-6-,13-10-,19-18-/t27-/m0/s1. The lowest BCUT2D eigenvalue weighted by atomic mass is 9.77. The van der Waals surface area contributed by atoms with Gasteiger partial charge < -0.3 is 4.74 Å². The number of carbonyl (C=O) groups is 1. The predicted octanol–water partition coefficient (Wildman–Crippen LogP) is 6.16. The van der Waals surface area contributed by atoms with E-state index in [4.69, 9.17) is 4.74 Å². The maximum absolute atomic E-state index is 13.0. The first-order valence-electron chi connectivity index (χ1n) is 10.3. The largest absolute Gasteiger partial charge is 0.457 e. The van der Waals surface area contributed by atoms with Crippen LogP contribution in [0, 0.1) is 0 Å². The first-order chi connectivity index (χ1) is 14.4. The Balaban J connectivity index is 2.44. The van der Waals surface area contributed by atoms with Crippen LogP contribution in [0.3, 0.4) is 0 Å². The predicted molar refractivity (Wildman–Crippen MR) is 126 cm³/mol. The van der Waals surface area contributed by atoms with Crippen LogP contribution in [0.25, 0.3) is 6.08 Å². The average Bonchev–Trinajstić information content (AvgIpc) is 2.76. The van der Waals surface area contributed by atoms with Crippen LogP contribution in [-0.4, -0.2) is 24.3 Å². The molecule has 2 rings (SSSR count). The highest BCUT2D eigenvalue weighted by molar-refractivity contribution is 5.92. The summed E-state index contributed by atoms with van der Waals surface area (Å²) in [6.07, 6.45) is 12.9. The van der Waals surface area contributed by atoms with Crippen molar-refractivity contribution in [2.45, 2.75) is 39.2 Å². The summed E-state index contributed by atoms with van der Waals surface area (Å²) in [5.41, 5.74) is 3.21. The van der Waals surface area contributed by atoms with Crippen LogP contribution in [-0.2, 0) is 16.8 Å². The van der Waals surface area contributed by atoms with Gasteiger partial charge >= 0.3 is 5.97 Å². The second-order valence-electron chi connectivity index (χ2n) is 7.60. The van der Waals surface area contributed by atoms with Crippen molar-refractivity contribution in [2.24, 2.45) is 0 Å². The molecule has 30 heavy (non-hydrogen) atoms. The minimum atomic E-state index is -0.336. The quantitative estimate of drug-likeness (QED) is 0.218. The van der Waals surface area contributed by atoms with Gasteiger partial charge in [0.25, 0.3) is 0 Å². The molecule has 3 heteroatoms. The van der Waals surface area contributed by atoms with Gasteiger partial charge in [0, 0.05) is 5.41 Å². The lowest BCUT2D eigenvalue weighted by molar-refractivity contribution is -0.412. The van der Waals surface area contributed by atoms with Gasteiger partial charge in [0.05, 0.1) is 5.56 Å². The van der Waals surface area contributed by atoms with E-state index in [1.165, 1.54) is 0 Å². The Kier molecular flexibility index (Phi) is 8.54. The van der Waals surface area contributed by atoms with Gasteiger partial charge in [-0.2, -0.15) is 0 Å². The summed E-state index contributed by atoms with van der Waals surface area (Å²) >= 11 is 0. The third kappa shape index (κ3) is 6.41. The maximum atomic E-state index is 13.0. The van der Waals surface area contributed by atoms with Crippen LogP contribution in [0.2, 0.25) is 0 Å². The minimum absolute atomic E-state index is 0.252. The Morgan fingerprint density at radius 3 is 2.53 bits per heavy atom. The molecule has 0 aliphatic rings. The molecular formula is C27H32NO2+. The molecule has 0 unspecified atom stereocenters. The maximum Gasteiger partial charge on any atom is 0.338 e. The van der Waals surface area contributed by atoms with Crippen molar-refractivity contribution in [2.75, 3.05) is 7.05 Å². The summed E-state index contributed by atoms with van der Waals surface area (Å²) in [6.45, 7) is 10.4. The second-order valence-corrected chi connectivity index (χ2v) is 7.60. The van der Waals surface area contributed by atoms with Crippen molar-refractivity contribution >= 4 is 18.8 Å². The van der Waals surface area contributed by atoms with E-state index in [1.54, 1.807) is 4.58 Å². The molecule has 3 nitrogen and oxygen atoms in total. The van der Waals surface area contributed by atoms with E-state index >= 15 is 0 Å². The van der Waals surface area contributed by atoms with E-state index < -0.39 is 0 Å². The third-order valence-corrected chi connectivity index (χ3v) is 5.12. The van der Waals surface area contributed by atoms with Gasteiger partial charge in [-0.3, -0.25) is 0 Å². The van der Waals surface area contributed by atoms with Gasteiger partial charge in [0.15, 0.2) is 6.20 Å². The van der Waals surface area contributed by atoms with E-state index in [0.717, 1.165) is 23.1 Å². The zero-order valence-electron chi connectivity index (χ0n) is 18.5. The molecule has 2 aromatic rings. The SMILES string of the molecule is C=[N+](C)/C=C\[C@](C)(CC)c1cc(/C=C\C=C/C)ccc1C(=O)OCc1ccccc1. The smallest absolute Gasteiger partial charge is 0.338 e. The molecule has 0 amide bonds. The normalized spacial score (nSPS) is 13.7. The van der Waals surface area contributed by atoms with Crippen molar-refractivity contribution in [3.05, 3.63) is 101 Å². The number of nitrogens with zero attached hydrogens (tertiary/aromatic N) is 1. The van der Waals surface area contributed by atoms with Crippen molar-refractivity contribution in [3.8, 4) is 0 Å². The molecule has 1 atom stereocenters. The molecule has 0 N–H and O–H groups in total. The Hall–Kier alpha value is -3.20. The fourth-order valence-electron chi connectivity index (χ4n) is 3.08. The molecule has 0 aliphatic carbocycles. The zero-order chi connectivity index (χ0) is 22.0. The number of hydrogen-bond acceptors (Lipinski definition) is 2. The summed E-state index contributed by atoms with van der Waals surface area (Å²) < 4.78 is 7.40. The summed E-state index contributed by atoms with van der Waals surface area (Å²) in [6, 6.07) is 15.6. The fraction of sp³-hybridized carbons (Fsp3) is 0.259. The highest BCUT2D eigenvalue weighted by Gasteiger charge is 2.28. The molecule has 0 saturated carbocycles. The van der Waals surface area contributed by atoms with E-state index in [-0.39, 0.29) is 18.0 Å². The molecule has 156 valence electrons. The molecule has 2 aromatic carbocycles. The Labute approximate surface area is 180 Å². The zero-order valence-corrected chi connectivity index (χ0v) is 18.5. The van der Waals surface area contributed by atoms with Gasteiger partial charge in [-0.05, 0) is 42.2 Å². The van der Waals surface area contributed by atoms with E-state index in [1.807, 2.05) is 86.9 Å². The monoisotopic (exact) mass is 402 g/mol. The van der Waals surface area contributed by atoms with E-state index in [9.17, 15) is 4.79 Å². The molecule has 0 heterocycles. The van der Waals surface area contributed by atoms with Gasteiger partial charge in [0.2, 0.25) is 0 Å². The van der Waals surface area contributed by atoms with Gasteiger partial charge in [0.1, 0.15) is 20.4 Å². The fourth-order valence-corrected chi connectivity index (χ4v) is 3.08. The molecule has 0 saturated heterocycles.